The Hall–Kier alpha value is -1.15. The van der Waals surface area contributed by atoms with Crippen molar-refractivity contribution in [1.29, 1.82) is 0 Å². The number of carboxylic acids is 1. The van der Waals surface area contributed by atoms with Crippen LogP contribution >= 0.6 is 0 Å². The summed E-state index contributed by atoms with van der Waals surface area (Å²) in [5.74, 6) is -0.886. The zero-order valence-corrected chi connectivity index (χ0v) is 12.7. The standard InChI is InChI=1S/C12H22N2O5S/c1-3-14(10-5-7-20(18,19)9-10)11(15)8-13(2)6-4-12(16)17/h10H,3-9H2,1-2H3,(H,16,17). The van der Waals surface area contributed by atoms with E-state index < -0.39 is 15.8 Å². The number of carbonyl (C=O) groups excluding carboxylic acids is 1. The molecule has 0 bridgehead atoms. The highest BCUT2D eigenvalue weighted by Crippen LogP contribution is 2.17. The summed E-state index contributed by atoms with van der Waals surface area (Å²) in [4.78, 5) is 25.9. The predicted molar refractivity (Wildman–Crippen MR) is 74.2 cm³/mol. The van der Waals surface area contributed by atoms with Crippen molar-refractivity contribution in [3.8, 4) is 0 Å². The minimum atomic E-state index is -3.02. The minimum absolute atomic E-state index is 0.0201. The van der Waals surface area contributed by atoms with E-state index in [0.717, 1.165) is 0 Å². The van der Waals surface area contributed by atoms with Gasteiger partial charge < -0.3 is 10.0 Å². The highest BCUT2D eigenvalue weighted by atomic mass is 32.2. The molecule has 1 saturated heterocycles. The van der Waals surface area contributed by atoms with Gasteiger partial charge in [-0.05, 0) is 20.4 Å². The molecule has 1 fully saturated rings. The van der Waals surface area contributed by atoms with Crippen LogP contribution in [0.5, 0.6) is 0 Å². The molecule has 0 aromatic carbocycles. The first-order chi connectivity index (χ1) is 9.25. The van der Waals surface area contributed by atoms with Crippen molar-refractivity contribution in [2.75, 3.05) is 38.2 Å². The second kappa shape index (κ2) is 7.03. The van der Waals surface area contributed by atoms with Gasteiger partial charge in [-0.1, -0.05) is 0 Å². The van der Waals surface area contributed by atoms with Crippen LogP contribution in [-0.2, 0) is 19.4 Å². The number of rotatable bonds is 7. The van der Waals surface area contributed by atoms with Crippen LogP contribution < -0.4 is 0 Å². The number of hydrogen-bond donors (Lipinski definition) is 1. The van der Waals surface area contributed by atoms with E-state index >= 15 is 0 Å². The molecule has 1 rings (SSSR count). The van der Waals surface area contributed by atoms with E-state index in [2.05, 4.69) is 0 Å². The summed E-state index contributed by atoms with van der Waals surface area (Å²) in [6.45, 7) is 2.69. The number of sulfone groups is 1. The van der Waals surface area contributed by atoms with Gasteiger partial charge in [-0.15, -0.1) is 0 Å². The van der Waals surface area contributed by atoms with Crippen molar-refractivity contribution in [3.63, 3.8) is 0 Å². The number of amides is 1. The monoisotopic (exact) mass is 306 g/mol. The number of carboxylic acid groups (broad SMARTS) is 1. The lowest BCUT2D eigenvalue weighted by Crippen LogP contribution is -2.45. The average molecular weight is 306 g/mol. The van der Waals surface area contributed by atoms with E-state index in [-0.39, 0.29) is 36.4 Å². The largest absolute Gasteiger partial charge is 0.481 e. The lowest BCUT2D eigenvalue weighted by Gasteiger charge is -2.28. The molecule has 1 heterocycles. The highest BCUT2D eigenvalue weighted by molar-refractivity contribution is 7.91. The van der Waals surface area contributed by atoms with Crippen LogP contribution in [0.15, 0.2) is 0 Å². The molecule has 0 aromatic rings. The summed E-state index contributed by atoms with van der Waals surface area (Å²) < 4.78 is 22.9. The molecule has 1 amide bonds. The van der Waals surface area contributed by atoms with Gasteiger partial charge in [0.1, 0.15) is 0 Å². The van der Waals surface area contributed by atoms with Gasteiger partial charge in [0.25, 0.3) is 0 Å². The summed E-state index contributed by atoms with van der Waals surface area (Å²) >= 11 is 0. The molecule has 0 saturated carbocycles. The topological polar surface area (TPSA) is 95.0 Å². The van der Waals surface area contributed by atoms with E-state index in [9.17, 15) is 18.0 Å². The van der Waals surface area contributed by atoms with Crippen molar-refractivity contribution in [1.82, 2.24) is 9.80 Å². The zero-order valence-electron chi connectivity index (χ0n) is 11.9. The van der Waals surface area contributed by atoms with Gasteiger partial charge in [0.2, 0.25) is 5.91 Å². The summed E-state index contributed by atoms with van der Waals surface area (Å²) in [6.07, 6.45) is 0.467. The SMILES string of the molecule is CCN(C(=O)CN(C)CCC(=O)O)C1CCS(=O)(=O)C1. The van der Waals surface area contributed by atoms with Crippen molar-refractivity contribution >= 4 is 21.7 Å². The molecule has 20 heavy (non-hydrogen) atoms. The average Bonchev–Trinajstić information content (AvgIpc) is 2.68. The normalized spacial score (nSPS) is 21.1. The molecular formula is C12H22N2O5S. The summed E-state index contributed by atoms with van der Waals surface area (Å²) in [6, 6.07) is -0.245. The fourth-order valence-electron chi connectivity index (χ4n) is 2.35. The Bertz CT molecular complexity index is 462. The molecule has 1 aliphatic rings. The molecule has 1 atom stereocenters. The summed E-state index contributed by atoms with van der Waals surface area (Å²) in [5, 5.41) is 8.59. The van der Waals surface area contributed by atoms with Crippen LogP contribution in [0.3, 0.4) is 0 Å². The molecule has 0 spiro atoms. The van der Waals surface area contributed by atoms with Crippen LogP contribution in [-0.4, -0.2) is 79.4 Å². The molecule has 1 N–H and O–H groups in total. The smallest absolute Gasteiger partial charge is 0.304 e. The minimum Gasteiger partial charge on any atom is -0.481 e. The lowest BCUT2D eigenvalue weighted by molar-refractivity contribution is -0.138. The van der Waals surface area contributed by atoms with Crippen molar-refractivity contribution in [2.24, 2.45) is 0 Å². The first-order valence-electron chi connectivity index (χ1n) is 6.65. The molecule has 0 aromatic heterocycles. The second-order valence-corrected chi connectivity index (χ2v) is 7.35. The third-order valence-corrected chi connectivity index (χ3v) is 5.17. The van der Waals surface area contributed by atoms with Crippen molar-refractivity contribution in [2.45, 2.75) is 25.8 Å². The third kappa shape index (κ3) is 5.09. The number of aliphatic carboxylic acids is 1. The molecule has 1 unspecified atom stereocenters. The Labute approximate surface area is 119 Å². The van der Waals surface area contributed by atoms with Crippen molar-refractivity contribution < 1.29 is 23.1 Å². The van der Waals surface area contributed by atoms with Crippen molar-refractivity contribution in [3.05, 3.63) is 0 Å². The van der Waals surface area contributed by atoms with Gasteiger partial charge in [0.15, 0.2) is 9.84 Å². The number of nitrogens with zero attached hydrogens (tertiary/aromatic N) is 2. The highest BCUT2D eigenvalue weighted by Gasteiger charge is 2.33. The van der Waals surface area contributed by atoms with E-state index in [1.807, 2.05) is 6.92 Å². The van der Waals surface area contributed by atoms with E-state index in [4.69, 9.17) is 5.11 Å². The Kier molecular flexibility index (Phi) is 5.94. The predicted octanol–water partition coefficient (Wildman–Crippen LogP) is -0.571. The van der Waals surface area contributed by atoms with Crippen LogP contribution in [0.2, 0.25) is 0 Å². The quantitative estimate of drug-likeness (QED) is 0.677. The maximum absolute atomic E-state index is 12.2. The van der Waals surface area contributed by atoms with Crippen LogP contribution in [0.1, 0.15) is 19.8 Å². The molecule has 116 valence electrons. The maximum Gasteiger partial charge on any atom is 0.304 e. The molecule has 0 aliphatic carbocycles. The van der Waals surface area contributed by atoms with Crippen LogP contribution in [0.25, 0.3) is 0 Å². The Morgan fingerprint density at radius 1 is 1.35 bits per heavy atom. The van der Waals surface area contributed by atoms with Gasteiger partial charge in [0, 0.05) is 19.1 Å². The Morgan fingerprint density at radius 3 is 2.45 bits per heavy atom. The Morgan fingerprint density at radius 2 is 2.00 bits per heavy atom. The van der Waals surface area contributed by atoms with Crippen LogP contribution in [0.4, 0.5) is 0 Å². The second-order valence-electron chi connectivity index (χ2n) is 5.12. The Balaban J connectivity index is 2.53. The van der Waals surface area contributed by atoms with Crippen LogP contribution in [0, 0.1) is 0 Å². The van der Waals surface area contributed by atoms with Gasteiger partial charge in [-0.25, -0.2) is 8.42 Å². The summed E-state index contributed by atoms with van der Waals surface area (Å²) in [5.41, 5.74) is 0. The first kappa shape index (κ1) is 16.9. The third-order valence-electron chi connectivity index (χ3n) is 3.42. The van der Waals surface area contributed by atoms with E-state index in [0.29, 0.717) is 19.5 Å². The first-order valence-corrected chi connectivity index (χ1v) is 8.47. The number of likely N-dealkylation sites (N-methyl/N-ethyl adjacent to an activating group) is 2. The maximum atomic E-state index is 12.2. The molecule has 8 heteroatoms. The zero-order chi connectivity index (χ0) is 15.3. The van der Waals surface area contributed by atoms with Gasteiger partial charge in [-0.3, -0.25) is 14.5 Å². The van der Waals surface area contributed by atoms with E-state index in [1.54, 1.807) is 16.8 Å². The van der Waals surface area contributed by atoms with Gasteiger partial charge in [-0.2, -0.15) is 0 Å². The molecule has 1 aliphatic heterocycles. The summed E-state index contributed by atoms with van der Waals surface area (Å²) in [7, 11) is -1.34. The molecule has 0 radical (unpaired) electrons. The molecule has 7 nitrogen and oxygen atoms in total. The van der Waals surface area contributed by atoms with E-state index in [1.165, 1.54) is 0 Å². The molecular weight excluding hydrogens is 284 g/mol. The fraction of sp³-hybridized carbons (Fsp3) is 0.833. The van der Waals surface area contributed by atoms with Gasteiger partial charge in [0.05, 0.1) is 24.5 Å². The fourth-order valence-corrected chi connectivity index (χ4v) is 4.08. The van der Waals surface area contributed by atoms with Gasteiger partial charge >= 0.3 is 5.97 Å². The number of hydrogen-bond acceptors (Lipinski definition) is 5. The number of carbonyl (C=O) groups is 2. The lowest BCUT2D eigenvalue weighted by atomic mass is 10.2.